The molecule has 0 saturated carbocycles. The normalized spacial score (nSPS) is 20.8. The van der Waals surface area contributed by atoms with E-state index in [-0.39, 0.29) is 29.8 Å². The number of nitrogens with one attached hydrogen (secondary N) is 1. The van der Waals surface area contributed by atoms with Crippen molar-refractivity contribution in [2.45, 2.75) is 19.4 Å². The van der Waals surface area contributed by atoms with Gasteiger partial charge >= 0.3 is 0 Å². The van der Waals surface area contributed by atoms with E-state index in [1.807, 2.05) is 24.3 Å². The van der Waals surface area contributed by atoms with E-state index >= 15 is 0 Å². The number of nitrogens with two attached hydrogens (primary N) is 1. The lowest BCUT2D eigenvalue weighted by Crippen LogP contribution is -2.31. The Labute approximate surface area is 119 Å². The van der Waals surface area contributed by atoms with Gasteiger partial charge in [0.05, 0.1) is 17.9 Å². The zero-order chi connectivity index (χ0) is 14.6. The molecular formula is C14H20N2O3S. The third kappa shape index (κ3) is 4.05. The first-order valence-electron chi connectivity index (χ1n) is 6.74. The molecule has 0 bridgehead atoms. The van der Waals surface area contributed by atoms with Gasteiger partial charge in [0.25, 0.3) is 0 Å². The summed E-state index contributed by atoms with van der Waals surface area (Å²) in [7, 11) is -2.88. The van der Waals surface area contributed by atoms with Crippen molar-refractivity contribution in [3.8, 4) is 0 Å². The molecule has 0 radical (unpaired) electrons. The second kappa shape index (κ2) is 6.37. The van der Waals surface area contributed by atoms with Gasteiger partial charge in [0.2, 0.25) is 5.91 Å². The number of carbonyl (C=O) groups excluding carboxylic acids is 1. The van der Waals surface area contributed by atoms with Crippen molar-refractivity contribution >= 4 is 15.7 Å². The van der Waals surface area contributed by atoms with E-state index in [0.717, 1.165) is 11.1 Å². The molecule has 1 aliphatic rings. The van der Waals surface area contributed by atoms with Crippen LogP contribution in [0.25, 0.3) is 0 Å². The van der Waals surface area contributed by atoms with Crippen LogP contribution in [0, 0.1) is 5.92 Å². The van der Waals surface area contributed by atoms with Crippen LogP contribution >= 0.6 is 0 Å². The predicted molar refractivity (Wildman–Crippen MR) is 77.8 cm³/mol. The molecule has 6 heteroatoms. The third-order valence-electron chi connectivity index (χ3n) is 3.60. The first kappa shape index (κ1) is 15.0. The zero-order valence-corrected chi connectivity index (χ0v) is 12.2. The number of hydrogen-bond acceptors (Lipinski definition) is 4. The Balaban J connectivity index is 1.84. The summed E-state index contributed by atoms with van der Waals surface area (Å²) in [6, 6.07) is 7.58. The van der Waals surface area contributed by atoms with Crippen molar-refractivity contribution in [3.63, 3.8) is 0 Å². The fraction of sp³-hybridized carbons (Fsp3) is 0.500. The van der Waals surface area contributed by atoms with Crippen LogP contribution in [0.1, 0.15) is 17.5 Å². The number of carbonyl (C=O) groups is 1. The molecule has 0 aliphatic carbocycles. The number of hydrogen-bond donors (Lipinski definition) is 2. The summed E-state index contributed by atoms with van der Waals surface area (Å²) in [6.07, 6.45) is 0.925. The highest BCUT2D eigenvalue weighted by molar-refractivity contribution is 7.91. The molecule has 0 aromatic heterocycles. The molecule has 1 aromatic carbocycles. The van der Waals surface area contributed by atoms with E-state index in [1.54, 1.807) is 0 Å². The van der Waals surface area contributed by atoms with Crippen molar-refractivity contribution in [2.75, 3.05) is 18.1 Å². The number of amides is 1. The number of sulfone groups is 1. The predicted octanol–water partition coefficient (Wildman–Crippen LogP) is 0.239. The minimum absolute atomic E-state index is 0.0497. The average molecular weight is 296 g/mol. The number of benzene rings is 1. The maximum absolute atomic E-state index is 11.9. The molecule has 1 fully saturated rings. The lowest BCUT2D eigenvalue weighted by Gasteiger charge is -2.11. The summed E-state index contributed by atoms with van der Waals surface area (Å²) in [5, 5.41) is 2.82. The van der Waals surface area contributed by atoms with Crippen LogP contribution in [0.15, 0.2) is 24.3 Å². The Morgan fingerprint density at radius 3 is 2.60 bits per heavy atom. The maximum atomic E-state index is 11.9. The molecule has 0 spiro atoms. The molecule has 1 unspecified atom stereocenters. The van der Waals surface area contributed by atoms with E-state index in [9.17, 15) is 13.2 Å². The minimum Gasteiger partial charge on any atom is -0.356 e. The molecule has 110 valence electrons. The second-order valence-corrected chi connectivity index (χ2v) is 7.45. The van der Waals surface area contributed by atoms with E-state index in [0.29, 0.717) is 19.5 Å². The van der Waals surface area contributed by atoms with Crippen LogP contribution < -0.4 is 11.1 Å². The Morgan fingerprint density at radius 1 is 1.30 bits per heavy atom. The van der Waals surface area contributed by atoms with Crippen molar-refractivity contribution in [2.24, 2.45) is 11.7 Å². The highest BCUT2D eigenvalue weighted by atomic mass is 32.2. The Morgan fingerprint density at radius 2 is 2.00 bits per heavy atom. The summed E-state index contributed by atoms with van der Waals surface area (Å²) in [5.74, 6) is 0.389. The summed E-state index contributed by atoms with van der Waals surface area (Å²) < 4.78 is 22.7. The summed E-state index contributed by atoms with van der Waals surface area (Å²) in [5.41, 5.74) is 7.52. The van der Waals surface area contributed by atoms with Crippen LogP contribution in [0.5, 0.6) is 0 Å². The smallest absolute Gasteiger partial charge is 0.224 e. The molecule has 1 heterocycles. The van der Waals surface area contributed by atoms with Gasteiger partial charge in [0.1, 0.15) is 0 Å². The molecule has 5 nitrogen and oxygen atoms in total. The quantitative estimate of drug-likeness (QED) is 0.814. The van der Waals surface area contributed by atoms with Gasteiger partial charge in [-0.25, -0.2) is 8.42 Å². The topological polar surface area (TPSA) is 89.3 Å². The SMILES string of the molecule is NCc1ccccc1CC(=O)NCC1CCS(=O)(=O)C1. The highest BCUT2D eigenvalue weighted by Crippen LogP contribution is 2.17. The lowest BCUT2D eigenvalue weighted by atomic mass is 10.0. The van der Waals surface area contributed by atoms with Crippen LogP contribution in [0.2, 0.25) is 0 Å². The molecule has 3 N–H and O–H groups in total. The molecule has 1 atom stereocenters. The van der Waals surface area contributed by atoms with Crippen LogP contribution in [0.3, 0.4) is 0 Å². The van der Waals surface area contributed by atoms with Gasteiger partial charge in [-0.3, -0.25) is 4.79 Å². The van der Waals surface area contributed by atoms with Crippen molar-refractivity contribution in [1.29, 1.82) is 0 Å². The molecule has 1 amide bonds. The lowest BCUT2D eigenvalue weighted by molar-refractivity contribution is -0.120. The van der Waals surface area contributed by atoms with Gasteiger partial charge in [-0.05, 0) is 23.5 Å². The minimum atomic E-state index is -2.88. The second-order valence-electron chi connectivity index (χ2n) is 5.22. The standard InChI is InChI=1S/C14H20N2O3S/c15-8-13-4-2-1-3-12(13)7-14(17)16-9-11-5-6-20(18,19)10-11/h1-4,11H,5-10,15H2,(H,16,17). The summed E-state index contributed by atoms with van der Waals surface area (Å²) >= 11 is 0. The molecular weight excluding hydrogens is 276 g/mol. The van der Waals surface area contributed by atoms with Gasteiger partial charge in [-0.1, -0.05) is 24.3 Å². The first-order chi connectivity index (χ1) is 9.50. The largest absolute Gasteiger partial charge is 0.356 e. The van der Waals surface area contributed by atoms with E-state index in [1.165, 1.54) is 0 Å². The average Bonchev–Trinajstić information content (AvgIpc) is 2.77. The van der Waals surface area contributed by atoms with Crippen molar-refractivity contribution in [1.82, 2.24) is 5.32 Å². The fourth-order valence-electron chi connectivity index (χ4n) is 2.46. The molecule has 1 aliphatic heterocycles. The molecule has 20 heavy (non-hydrogen) atoms. The molecule has 1 saturated heterocycles. The highest BCUT2D eigenvalue weighted by Gasteiger charge is 2.27. The van der Waals surface area contributed by atoms with Gasteiger partial charge in [0.15, 0.2) is 9.84 Å². The van der Waals surface area contributed by atoms with Crippen LogP contribution in [-0.4, -0.2) is 32.4 Å². The van der Waals surface area contributed by atoms with Crippen molar-refractivity contribution < 1.29 is 13.2 Å². The van der Waals surface area contributed by atoms with Crippen molar-refractivity contribution in [3.05, 3.63) is 35.4 Å². The zero-order valence-electron chi connectivity index (χ0n) is 11.3. The summed E-state index contributed by atoms with van der Waals surface area (Å²) in [4.78, 5) is 11.9. The Bertz CT molecular complexity index is 584. The maximum Gasteiger partial charge on any atom is 0.224 e. The van der Waals surface area contributed by atoms with Gasteiger partial charge in [0, 0.05) is 13.1 Å². The van der Waals surface area contributed by atoms with Crippen LogP contribution in [-0.2, 0) is 27.6 Å². The van der Waals surface area contributed by atoms with Gasteiger partial charge < -0.3 is 11.1 Å². The monoisotopic (exact) mass is 296 g/mol. The molecule has 1 aromatic rings. The van der Waals surface area contributed by atoms with Gasteiger partial charge in [-0.2, -0.15) is 0 Å². The molecule has 2 rings (SSSR count). The summed E-state index contributed by atoms with van der Waals surface area (Å²) in [6.45, 7) is 0.840. The number of rotatable bonds is 5. The van der Waals surface area contributed by atoms with E-state index in [4.69, 9.17) is 5.73 Å². The van der Waals surface area contributed by atoms with Crippen LogP contribution in [0.4, 0.5) is 0 Å². The van der Waals surface area contributed by atoms with Gasteiger partial charge in [-0.15, -0.1) is 0 Å². The third-order valence-corrected chi connectivity index (χ3v) is 5.44. The fourth-order valence-corrected chi connectivity index (χ4v) is 4.32. The van der Waals surface area contributed by atoms with E-state index in [2.05, 4.69) is 5.32 Å². The van der Waals surface area contributed by atoms with E-state index < -0.39 is 9.84 Å². The first-order valence-corrected chi connectivity index (χ1v) is 8.56. The Hall–Kier alpha value is -1.40. The Kier molecular flexibility index (Phi) is 4.77.